The summed E-state index contributed by atoms with van der Waals surface area (Å²) in [7, 11) is 0. The standard InChI is InChI=1S/C9H10N4OS/c1-2-6(1)8-11-9(15-13-8)10-5-7-3-4-14-12-7/h3-4,6H,1-2,5H2,(H,10,11,13). The van der Waals surface area contributed by atoms with Crippen molar-refractivity contribution in [2.45, 2.75) is 25.3 Å². The molecule has 78 valence electrons. The smallest absolute Gasteiger partial charge is 0.202 e. The Morgan fingerprint density at radius 1 is 1.53 bits per heavy atom. The molecule has 1 N–H and O–H groups in total. The van der Waals surface area contributed by atoms with E-state index >= 15 is 0 Å². The van der Waals surface area contributed by atoms with Gasteiger partial charge in [0, 0.05) is 23.5 Å². The van der Waals surface area contributed by atoms with Crippen LogP contribution in [-0.4, -0.2) is 14.5 Å². The van der Waals surface area contributed by atoms with E-state index in [0.717, 1.165) is 16.6 Å². The highest BCUT2D eigenvalue weighted by atomic mass is 32.1. The lowest BCUT2D eigenvalue weighted by Crippen LogP contribution is -1.99. The first-order valence-corrected chi connectivity index (χ1v) is 5.66. The van der Waals surface area contributed by atoms with Gasteiger partial charge in [0.05, 0.1) is 6.54 Å². The summed E-state index contributed by atoms with van der Waals surface area (Å²) in [5, 5.41) is 7.84. The van der Waals surface area contributed by atoms with E-state index in [1.165, 1.54) is 24.4 Å². The van der Waals surface area contributed by atoms with Gasteiger partial charge in [-0.05, 0) is 12.8 Å². The van der Waals surface area contributed by atoms with Crippen molar-refractivity contribution in [1.82, 2.24) is 14.5 Å². The number of nitrogens with zero attached hydrogens (tertiary/aromatic N) is 3. The van der Waals surface area contributed by atoms with E-state index in [-0.39, 0.29) is 0 Å². The molecule has 1 fully saturated rings. The van der Waals surface area contributed by atoms with Crippen LogP contribution in [0.15, 0.2) is 16.9 Å². The van der Waals surface area contributed by atoms with Crippen LogP contribution >= 0.6 is 11.5 Å². The van der Waals surface area contributed by atoms with Gasteiger partial charge in [-0.2, -0.15) is 4.37 Å². The van der Waals surface area contributed by atoms with Gasteiger partial charge in [0.15, 0.2) is 0 Å². The molecule has 0 amide bonds. The summed E-state index contributed by atoms with van der Waals surface area (Å²) < 4.78 is 9.04. The van der Waals surface area contributed by atoms with Crippen molar-refractivity contribution >= 4 is 16.7 Å². The number of anilines is 1. The van der Waals surface area contributed by atoms with Crippen LogP contribution in [0.5, 0.6) is 0 Å². The van der Waals surface area contributed by atoms with E-state index in [1.807, 2.05) is 6.07 Å². The second-order valence-electron chi connectivity index (χ2n) is 3.58. The fourth-order valence-corrected chi connectivity index (χ4v) is 1.95. The van der Waals surface area contributed by atoms with Crippen molar-refractivity contribution in [2.75, 3.05) is 5.32 Å². The minimum Gasteiger partial charge on any atom is -0.364 e. The van der Waals surface area contributed by atoms with Crippen LogP contribution in [0, 0.1) is 0 Å². The maximum Gasteiger partial charge on any atom is 0.202 e. The van der Waals surface area contributed by atoms with Gasteiger partial charge in [-0.15, -0.1) is 0 Å². The molecule has 2 aromatic rings. The van der Waals surface area contributed by atoms with Crippen LogP contribution in [0.4, 0.5) is 5.13 Å². The lowest BCUT2D eigenvalue weighted by molar-refractivity contribution is 0.412. The maximum absolute atomic E-state index is 4.73. The number of hydrogen-bond acceptors (Lipinski definition) is 6. The molecule has 1 aliphatic rings. The molecule has 1 aliphatic carbocycles. The number of aromatic nitrogens is 3. The van der Waals surface area contributed by atoms with Crippen molar-refractivity contribution in [1.29, 1.82) is 0 Å². The molecule has 2 aromatic heterocycles. The molecule has 0 unspecified atom stereocenters. The molecular formula is C9H10N4OS. The predicted octanol–water partition coefficient (Wildman–Crippen LogP) is 2.02. The Morgan fingerprint density at radius 3 is 3.20 bits per heavy atom. The molecule has 0 spiro atoms. The Balaban J connectivity index is 1.61. The summed E-state index contributed by atoms with van der Waals surface area (Å²) in [6, 6.07) is 1.83. The van der Waals surface area contributed by atoms with E-state index < -0.39 is 0 Å². The summed E-state index contributed by atoms with van der Waals surface area (Å²) in [6.07, 6.45) is 4.03. The summed E-state index contributed by atoms with van der Waals surface area (Å²) in [4.78, 5) is 4.41. The van der Waals surface area contributed by atoms with Gasteiger partial charge < -0.3 is 9.84 Å². The summed E-state index contributed by atoms with van der Waals surface area (Å²) in [5.41, 5.74) is 0.873. The first kappa shape index (κ1) is 8.84. The molecule has 0 radical (unpaired) electrons. The molecule has 2 heterocycles. The van der Waals surface area contributed by atoms with Crippen molar-refractivity contribution in [3.8, 4) is 0 Å². The molecule has 0 saturated heterocycles. The summed E-state index contributed by atoms with van der Waals surface area (Å²) in [6.45, 7) is 0.635. The van der Waals surface area contributed by atoms with Gasteiger partial charge >= 0.3 is 0 Å². The largest absolute Gasteiger partial charge is 0.364 e. The van der Waals surface area contributed by atoms with Crippen molar-refractivity contribution < 1.29 is 4.52 Å². The molecule has 1 saturated carbocycles. The predicted molar refractivity (Wildman–Crippen MR) is 55.7 cm³/mol. The Bertz CT molecular complexity index is 435. The second kappa shape index (κ2) is 3.62. The minimum atomic E-state index is 0.615. The molecule has 5 nitrogen and oxygen atoms in total. The Morgan fingerprint density at radius 2 is 2.47 bits per heavy atom. The highest BCUT2D eigenvalue weighted by Gasteiger charge is 2.27. The third kappa shape index (κ3) is 1.99. The van der Waals surface area contributed by atoms with Crippen molar-refractivity contribution in [3.05, 3.63) is 23.8 Å². The molecule has 0 aliphatic heterocycles. The van der Waals surface area contributed by atoms with Crippen LogP contribution in [0.25, 0.3) is 0 Å². The topological polar surface area (TPSA) is 63.8 Å². The SMILES string of the molecule is c1cc(CNc2nc(C3CC3)ns2)no1. The molecule has 15 heavy (non-hydrogen) atoms. The average Bonchev–Trinajstić information content (AvgIpc) is 2.82. The Kier molecular flexibility index (Phi) is 2.13. The molecule has 0 bridgehead atoms. The first-order valence-electron chi connectivity index (χ1n) is 4.88. The number of nitrogens with one attached hydrogen (secondary N) is 1. The van der Waals surface area contributed by atoms with Crippen molar-refractivity contribution in [3.63, 3.8) is 0 Å². The summed E-state index contributed by atoms with van der Waals surface area (Å²) in [5.74, 6) is 1.60. The first-order chi connectivity index (χ1) is 7.42. The zero-order valence-corrected chi connectivity index (χ0v) is 8.83. The van der Waals surface area contributed by atoms with Gasteiger partial charge in [-0.25, -0.2) is 4.98 Å². The lowest BCUT2D eigenvalue weighted by Gasteiger charge is -1.95. The minimum absolute atomic E-state index is 0.615. The van der Waals surface area contributed by atoms with E-state index in [0.29, 0.717) is 12.5 Å². The number of rotatable bonds is 4. The average molecular weight is 222 g/mol. The molecule has 3 rings (SSSR count). The van der Waals surface area contributed by atoms with Crippen LogP contribution in [0.3, 0.4) is 0 Å². The van der Waals surface area contributed by atoms with Crippen LogP contribution in [-0.2, 0) is 6.54 Å². The van der Waals surface area contributed by atoms with E-state index in [2.05, 4.69) is 19.8 Å². The fourth-order valence-electron chi connectivity index (χ4n) is 1.31. The normalized spacial score (nSPS) is 15.5. The van der Waals surface area contributed by atoms with Crippen molar-refractivity contribution in [2.24, 2.45) is 0 Å². The molecule has 0 aromatic carbocycles. The highest BCUT2D eigenvalue weighted by Crippen LogP contribution is 2.39. The Hall–Kier alpha value is -1.43. The Labute approximate surface area is 90.7 Å². The monoisotopic (exact) mass is 222 g/mol. The van der Waals surface area contributed by atoms with Crippen LogP contribution in [0.1, 0.15) is 30.3 Å². The fraction of sp³-hybridized carbons (Fsp3) is 0.444. The zero-order valence-electron chi connectivity index (χ0n) is 8.01. The van der Waals surface area contributed by atoms with Crippen LogP contribution in [0.2, 0.25) is 0 Å². The third-order valence-electron chi connectivity index (χ3n) is 2.30. The molecule has 6 heteroatoms. The summed E-state index contributed by atoms with van der Waals surface area (Å²) >= 11 is 1.41. The molecule has 0 atom stereocenters. The van der Waals surface area contributed by atoms with Crippen LogP contribution < -0.4 is 5.32 Å². The molecular weight excluding hydrogens is 212 g/mol. The van der Waals surface area contributed by atoms with Gasteiger partial charge in [0.2, 0.25) is 5.13 Å². The van der Waals surface area contributed by atoms with Gasteiger partial charge in [0.25, 0.3) is 0 Å². The number of hydrogen-bond donors (Lipinski definition) is 1. The van der Waals surface area contributed by atoms with Gasteiger partial charge in [0.1, 0.15) is 17.8 Å². The van der Waals surface area contributed by atoms with E-state index in [1.54, 1.807) is 6.26 Å². The van der Waals surface area contributed by atoms with Gasteiger partial charge in [-0.1, -0.05) is 5.16 Å². The highest BCUT2D eigenvalue weighted by molar-refractivity contribution is 7.09. The quantitative estimate of drug-likeness (QED) is 0.857. The zero-order chi connectivity index (χ0) is 10.1. The second-order valence-corrected chi connectivity index (χ2v) is 4.33. The van der Waals surface area contributed by atoms with E-state index in [9.17, 15) is 0 Å². The van der Waals surface area contributed by atoms with E-state index in [4.69, 9.17) is 4.52 Å². The van der Waals surface area contributed by atoms with Gasteiger partial charge in [-0.3, -0.25) is 0 Å². The maximum atomic E-state index is 4.73. The third-order valence-corrected chi connectivity index (χ3v) is 2.98. The lowest BCUT2D eigenvalue weighted by atomic mass is 10.4.